The van der Waals surface area contributed by atoms with Gasteiger partial charge in [-0.25, -0.2) is 8.42 Å². The number of benzene rings is 2. The van der Waals surface area contributed by atoms with Crippen molar-refractivity contribution in [3.63, 3.8) is 0 Å². The van der Waals surface area contributed by atoms with Crippen molar-refractivity contribution in [1.82, 2.24) is 4.90 Å². The van der Waals surface area contributed by atoms with Crippen LogP contribution < -0.4 is 0 Å². The zero-order chi connectivity index (χ0) is 18.7. The van der Waals surface area contributed by atoms with Crippen LogP contribution in [0.1, 0.15) is 17.5 Å². The Balaban J connectivity index is 1.86. The van der Waals surface area contributed by atoms with Gasteiger partial charge in [0.1, 0.15) is 0 Å². The predicted octanol–water partition coefficient (Wildman–Crippen LogP) is 3.75. The molecular weight excluding hydrogens is 393 g/mol. The average Bonchev–Trinajstić information content (AvgIpc) is 2.96. The van der Waals surface area contributed by atoms with Gasteiger partial charge in [-0.2, -0.15) is 0 Å². The van der Waals surface area contributed by atoms with E-state index in [1.807, 2.05) is 30.3 Å². The highest BCUT2D eigenvalue weighted by Crippen LogP contribution is 2.27. The minimum Gasteiger partial charge on any atom is -0.334 e. The van der Waals surface area contributed by atoms with Crippen molar-refractivity contribution in [3.8, 4) is 0 Å². The van der Waals surface area contributed by atoms with Crippen LogP contribution in [0.4, 0.5) is 0 Å². The highest BCUT2D eigenvalue weighted by Gasteiger charge is 2.34. The Hall–Kier alpha value is -1.56. The second-order valence-corrected chi connectivity index (χ2v) is 9.48. The van der Waals surface area contributed by atoms with Crippen LogP contribution in [-0.2, 0) is 27.6 Å². The van der Waals surface area contributed by atoms with Crippen LogP contribution >= 0.6 is 23.2 Å². The number of sulfone groups is 1. The molecule has 1 saturated heterocycles. The fourth-order valence-electron chi connectivity index (χ4n) is 3.18. The van der Waals surface area contributed by atoms with Gasteiger partial charge in [0.25, 0.3) is 0 Å². The summed E-state index contributed by atoms with van der Waals surface area (Å²) in [6.07, 6.45) is 0.499. The minimum absolute atomic E-state index is 0.00181. The van der Waals surface area contributed by atoms with Gasteiger partial charge in [-0.05, 0) is 29.7 Å². The summed E-state index contributed by atoms with van der Waals surface area (Å²) in [4.78, 5) is 14.7. The summed E-state index contributed by atoms with van der Waals surface area (Å²) in [7, 11) is -3.10. The van der Waals surface area contributed by atoms with Crippen molar-refractivity contribution in [1.29, 1.82) is 0 Å². The molecule has 0 aromatic heterocycles. The molecule has 26 heavy (non-hydrogen) atoms. The van der Waals surface area contributed by atoms with Crippen LogP contribution in [0.3, 0.4) is 0 Å². The summed E-state index contributed by atoms with van der Waals surface area (Å²) in [6, 6.07) is 14.3. The molecule has 7 heteroatoms. The van der Waals surface area contributed by atoms with Crippen molar-refractivity contribution in [2.24, 2.45) is 0 Å². The van der Waals surface area contributed by atoms with Gasteiger partial charge in [-0.15, -0.1) is 0 Å². The van der Waals surface area contributed by atoms with E-state index >= 15 is 0 Å². The summed E-state index contributed by atoms with van der Waals surface area (Å²) < 4.78 is 23.8. The number of halogens is 2. The molecule has 1 heterocycles. The lowest BCUT2D eigenvalue weighted by atomic mass is 10.1. The third kappa shape index (κ3) is 4.58. The number of carbonyl (C=O) groups is 1. The fourth-order valence-corrected chi connectivity index (χ4v) is 5.44. The number of nitrogens with zero attached hydrogens (tertiary/aromatic N) is 1. The first-order chi connectivity index (χ1) is 12.4. The van der Waals surface area contributed by atoms with Crippen LogP contribution in [0.2, 0.25) is 10.0 Å². The van der Waals surface area contributed by atoms with E-state index in [0.717, 1.165) is 5.56 Å². The highest BCUT2D eigenvalue weighted by atomic mass is 35.5. The minimum atomic E-state index is -3.10. The molecule has 3 rings (SSSR count). The van der Waals surface area contributed by atoms with Gasteiger partial charge < -0.3 is 4.90 Å². The first-order valence-corrected chi connectivity index (χ1v) is 10.9. The van der Waals surface area contributed by atoms with E-state index in [0.29, 0.717) is 28.6 Å². The van der Waals surface area contributed by atoms with E-state index in [1.165, 1.54) is 0 Å². The molecule has 0 aliphatic carbocycles. The molecule has 0 bridgehead atoms. The van der Waals surface area contributed by atoms with E-state index in [9.17, 15) is 13.2 Å². The molecule has 0 radical (unpaired) electrons. The zero-order valence-corrected chi connectivity index (χ0v) is 16.4. The maximum absolute atomic E-state index is 13.0. The Morgan fingerprint density at radius 3 is 2.27 bits per heavy atom. The quantitative estimate of drug-likeness (QED) is 0.752. The van der Waals surface area contributed by atoms with Gasteiger partial charge in [0, 0.05) is 22.6 Å². The Morgan fingerprint density at radius 2 is 1.69 bits per heavy atom. The molecule has 1 fully saturated rings. The van der Waals surface area contributed by atoms with Crippen LogP contribution in [0.15, 0.2) is 48.5 Å². The lowest BCUT2D eigenvalue weighted by Crippen LogP contribution is -2.41. The fraction of sp³-hybridized carbons (Fsp3) is 0.316. The van der Waals surface area contributed by atoms with E-state index in [1.54, 1.807) is 23.1 Å². The lowest BCUT2D eigenvalue weighted by Gasteiger charge is -2.29. The molecule has 2 aromatic carbocycles. The van der Waals surface area contributed by atoms with Crippen molar-refractivity contribution in [2.45, 2.75) is 25.4 Å². The second kappa shape index (κ2) is 7.99. The van der Waals surface area contributed by atoms with Gasteiger partial charge in [0.15, 0.2) is 9.84 Å². The highest BCUT2D eigenvalue weighted by molar-refractivity contribution is 7.91. The van der Waals surface area contributed by atoms with Gasteiger partial charge >= 0.3 is 0 Å². The molecule has 1 aliphatic heterocycles. The first-order valence-electron chi connectivity index (χ1n) is 8.32. The first kappa shape index (κ1) is 19.2. The number of amides is 1. The van der Waals surface area contributed by atoms with Gasteiger partial charge in [0.2, 0.25) is 5.91 Å². The van der Waals surface area contributed by atoms with E-state index < -0.39 is 9.84 Å². The molecule has 138 valence electrons. The van der Waals surface area contributed by atoms with Crippen molar-refractivity contribution in [3.05, 3.63) is 69.7 Å². The third-order valence-electron chi connectivity index (χ3n) is 4.55. The number of hydrogen-bond acceptors (Lipinski definition) is 3. The topological polar surface area (TPSA) is 54.5 Å². The zero-order valence-electron chi connectivity index (χ0n) is 14.1. The molecule has 0 saturated carbocycles. The Bertz CT molecular complexity index is 880. The van der Waals surface area contributed by atoms with E-state index in [-0.39, 0.29) is 29.9 Å². The van der Waals surface area contributed by atoms with Crippen LogP contribution in [0, 0.1) is 0 Å². The second-order valence-electron chi connectivity index (χ2n) is 6.44. The normalized spacial score (nSPS) is 18.6. The van der Waals surface area contributed by atoms with E-state index in [2.05, 4.69) is 0 Å². The molecule has 1 atom stereocenters. The number of hydrogen-bond donors (Lipinski definition) is 0. The Kier molecular flexibility index (Phi) is 5.90. The summed E-state index contributed by atoms with van der Waals surface area (Å²) >= 11 is 12.4. The smallest absolute Gasteiger partial charge is 0.227 e. The Morgan fingerprint density at radius 1 is 1.04 bits per heavy atom. The summed E-state index contributed by atoms with van der Waals surface area (Å²) in [5, 5.41) is 0.870. The molecule has 0 spiro atoms. The van der Waals surface area contributed by atoms with E-state index in [4.69, 9.17) is 23.2 Å². The molecular formula is C19H19Cl2NO3S. The third-order valence-corrected chi connectivity index (χ3v) is 7.01. The molecule has 1 amide bonds. The standard InChI is InChI=1S/C19H19Cl2NO3S/c20-17-7-4-8-18(21)16(17)11-19(23)22(12-14-5-2-1-3-6-14)15-9-10-26(24,25)13-15/h1-8,15H,9-13H2/t15-/m0/s1. The molecule has 2 aromatic rings. The van der Waals surface area contributed by atoms with Gasteiger partial charge in [0.05, 0.1) is 17.9 Å². The van der Waals surface area contributed by atoms with Crippen LogP contribution in [0.25, 0.3) is 0 Å². The SMILES string of the molecule is O=C(Cc1c(Cl)cccc1Cl)N(Cc1ccccc1)[C@H]1CCS(=O)(=O)C1. The number of carbonyl (C=O) groups excluding carboxylic acids is 1. The van der Waals surface area contributed by atoms with Gasteiger partial charge in [-0.3, -0.25) is 4.79 Å². The van der Waals surface area contributed by atoms with Crippen molar-refractivity contribution < 1.29 is 13.2 Å². The van der Waals surface area contributed by atoms with Crippen LogP contribution in [-0.4, -0.2) is 36.8 Å². The molecule has 0 unspecified atom stereocenters. The largest absolute Gasteiger partial charge is 0.334 e. The summed E-state index contributed by atoms with van der Waals surface area (Å²) in [6.45, 7) is 0.363. The number of rotatable bonds is 5. The van der Waals surface area contributed by atoms with Crippen LogP contribution in [0.5, 0.6) is 0 Å². The maximum Gasteiger partial charge on any atom is 0.227 e. The predicted molar refractivity (Wildman–Crippen MR) is 104 cm³/mol. The lowest BCUT2D eigenvalue weighted by molar-refractivity contribution is -0.133. The van der Waals surface area contributed by atoms with Crippen molar-refractivity contribution >= 4 is 38.9 Å². The average molecular weight is 412 g/mol. The molecule has 4 nitrogen and oxygen atoms in total. The summed E-state index contributed by atoms with van der Waals surface area (Å²) in [5.41, 5.74) is 1.52. The Labute approximate surface area is 163 Å². The monoisotopic (exact) mass is 411 g/mol. The van der Waals surface area contributed by atoms with Crippen molar-refractivity contribution in [2.75, 3.05) is 11.5 Å². The van der Waals surface area contributed by atoms with Gasteiger partial charge in [-0.1, -0.05) is 59.6 Å². The summed E-state index contributed by atoms with van der Waals surface area (Å²) in [5.74, 6) is -0.0591. The molecule has 0 N–H and O–H groups in total. The maximum atomic E-state index is 13.0. The molecule has 1 aliphatic rings.